The molecule has 0 bridgehead atoms. The van der Waals surface area contributed by atoms with Gasteiger partial charge in [0, 0.05) is 6.04 Å². The molecule has 1 aromatic rings. The van der Waals surface area contributed by atoms with Crippen molar-refractivity contribution in [3.05, 3.63) is 24.3 Å². The fourth-order valence-electron chi connectivity index (χ4n) is 2.55. The molecule has 0 radical (unpaired) electrons. The molecule has 1 aromatic carbocycles. The van der Waals surface area contributed by atoms with Crippen LogP contribution in [0.1, 0.15) is 39.5 Å². The van der Waals surface area contributed by atoms with Gasteiger partial charge in [0.15, 0.2) is 0 Å². The number of para-hydroxylation sites is 2. The maximum absolute atomic E-state index is 12.3. The van der Waals surface area contributed by atoms with Crippen molar-refractivity contribution in [1.82, 2.24) is 0 Å². The topological polar surface area (TPSA) is 21.3 Å². The third-order valence-electron chi connectivity index (χ3n) is 3.80. The summed E-state index contributed by atoms with van der Waals surface area (Å²) in [6.45, 7) is 1.77. The van der Waals surface area contributed by atoms with E-state index in [9.17, 15) is 8.78 Å². The van der Waals surface area contributed by atoms with Crippen LogP contribution in [0.4, 0.5) is 14.5 Å². The van der Waals surface area contributed by atoms with Gasteiger partial charge in [-0.15, -0.1) is 0 Å². The van der Waals surface area contributed by atoms with Crippen LogP contribution in [0.15, 0.2) is 24.3 Å². The molecule has 0 saturated heterocycles. The third-order valence-corrected chi connectivity index (χ3v) is 3.80. The van der Waals surface area contributed by atoms with Gasteiger partial charge in [-0.1, -0.05) is 26.0 Å². The Morgan fingerprint density at radius 1 is 1.21 bits per heavy atom. The Morgan fingerprint density at radius 2 is 1.84 bits per heavy atom. The Bertz CT molecular complexity index is 410. The number of hydrogen-bond donors (Lipinski definition) is 1. The van der Waals surface area contributed by atoms with E-state index in [-0.39, 0.29) is 5.75 Å². The molecule has 19 heavy (non-hydrogen) atoms. The highest BCUT2D eigenvalue weighted by molar-refractivity contribution is 5.56. The summed E-state index contributed by atoms with van der Waals surface area (Å²) in [4.78, 5) is 0. The van der Waals surface area contributed by atoms with Crippen LogP contribution in [0, 0.1) is 5.41 Å². The summed E-state index contributed by atoms with van der Waals surface area (Å²) < 4.78 is 29.2. The molecular formula is C15H21F2NO. The molecule has 0 amide bonds. The Kier molecular flexibility index (Phi) is 4.27. The van der Waals surface area contributed by atoms with Gasteiger partial charge in [0.2, 0.25) is 0 Å². The zero-order valence-electron chi connectivity index (χ0n) is 11.5. The first-order chi connectivity index (χ1) is 8.96. The van der Waals surface area contributed by atoms with Crippen LogP contribution in [-0.4, -0.2) is 12.7 Å². The normalized spacial score (nSPS) is 19.4. The van der Waals surface area contributed by atoms with Crippen LogP contribution in [0.5, 0.6) is 5.75 Å². The van der Waals surface area contributed by atoms with Crippen LogP contribution in [0.2, 0.25) is 0 Å². The van der Waals surface area contributed by atoms with E-state index in [1.54, 1.807) is 18.2 Å². The number of hydrogen-bond acceptors (Lipinski definition) is 2. The van der Waals surface area contributed by atoms with Crippen molar-refractivity contribution >= 4 is 5.69 Å². The van der Waals surface area contributed by atoms with Crippen LogP contribution in [-0.2, 0) is 0 Å². The Morgan fingerprint density at radius 3 is 2.47 bits per heavy atom. The fraction of sp³-hybridized carbons (Fsp3) is 0.600. The van der Waals surface area contributed by atoms with Crippen molar-refractivity contribution < 1.29 is 13.5 Å². The van der Waals surface area contributed by atoms with Gasteiger partial charge < -0.3 is 10.1 Å². The molecule has 0 aromatic heterocycles. The first-order valence-electron chi connectivity index (χ1n) is 6.77. The summed E-state index contributed by atoms with van der Waals surface area (Å²) in [6, 6.07) is 7.23. The molecule has 0 heterocycles. The Hall–Kier alpha value is -1.32. The molecule has 4 heteroatoms. The van der Waals surface area contributed by atoms with Gasteiger partial charge in [-0.3, -0.25) is 0 Å². The quantitative estimate of drug-likeness (QED) is 0.857. The SMILES string of the molecule is CC1(C)CCC(Nc2ccccc2OC(F)F)CC1. The van der Waals surface area contributed by atoms with E-state index in [1.807, 2.05) is 6.07 Å². The predicted molar refractivity (Wildman–Crippen MR) is 72.7 cm³/mol. The van der Waals surface area contributed by atoms with E-state index in [4.69, 9.17) is 0 Å². The van der Waals surface area contributed by atoms with Gasteiger partial charge in [-0.25, -0.2) is 0 Å². The van der Waals surface area contributed by atoms with Crippen molar-refractivity contribution in [2.24, 2.45) is 5.41 Å². The zero-order chi connectivity index (χ0) is 13.9. The number of anilines is 1. The second-order valence-electron chi connectivity index (χ2n) is 5.96. The molecule has 0 spiro atoms. The van der Waals surface area contributed by atoms with Crippen molar-refractivity contribution in [3.8, 4) is 5.75 Å². The monoisotopic (exact) mass is 269 g/mol. The average Bonchev–Trinajstić information content (AvgIpc) is 2.33. The standard InChI is InChI=1S/C15H21F2NO/c1-15(2)9-7-11(8-10-15)18-12-5-3-4-6-13(12)19-14(16)17/h3-6,11,14,18H,7-10H2,1-2H3. The van der Waals surface area contributed by atoms with E-state index < -0.39 is 6.61 Å². The summed E-state index contributed by atoms with van der Waals surface area (Å²) in [7, 11) is 0. The van der Waals surface area contributed by atoms with E-state index in [2.05, 4.69) is 23.9 Å². The summed E-state index contributed by atoms with van der Waals surface area (Å²) in [5.74, 6) is 0.224. The van der Waals surface area contributed by atoms with Crippen LogP contribution in [0.3, 0.4) is 0 Å². The summed E-state index contributed by atoms with van der Waals surface area (Å²) >= 11 is 0. The number of benzene rings is 1. The average molecular weight is 269 g/mol. The number of alkyl halides is 2. The van der Waals surface area contributed by atoms with Gasteiger partial charge in [-0.05, 0) is 43.2 Å². The summed E-state index contributed by atoms with van der Waals surface area (Å²) in [5, 5.41) is 3.33. The largest absolute Gasteiger partial charge is 0.433 e. The minimum absolute atomic E-state index is 0.224. The molecule has 0 atom stereocenters. The lowest BCUT2D eigenvalue weighted by Crippen LogP contribution is -2.30. The zero-order valence-corrected chi connectivity index (χ0v) is 11.5. The molecule has 2 rings (SSSR count). The van der Waals surface area contributed by atoms with E-state index in [0.29, 0.717) is 17.1 Å². The lowest BCUT2D eigenvalue weighted by Gasteiger charge is -2.35. The molecule has 1 aliphatic carbocycles. The van der Waals surface area contributed by atoms with Gasteiger partial charge in [0.25, 0.3) is 0 Å². The molecule has 0 unspecified atom stereocenters. The molecule has 106 valence electrons. The maximum atomic E-state index is 12.3. The minimum atomic E-state index is -2.78. The van der Waals surface area contributed by atoms with Crippen molar-refractivity contribution in [3.63, 3.8) is 0 Å². The lowest BCUT2D eigenvalue weighted by molar-refractivity contribution is -0.0494. The van der Waals surface area contributed by atoms with Crippen molar-refractivity contribution in [1.29, 1.82) is 0 Å². The van der Waals surface area contributed by atoms with Gasteiger partial charge >= 0.3 is 6.61 Å². The smallest absolute Gasteiger partial charge is 0.387 e. The van der Waals surface area contributed by atoms with Crippen LogP contribution >= 0.6 is 0 Å². The number of nitrogens with one attached hydrogen (secondary N) is 1. The van der Waals surface area contributed by atoms with Gasteiger partial charge in [0.05, 0.1) is 5.69 Å². The van der Waals surface area contributed by atoms with Crippen LogP contribution in [0.25, 0.3) is 0 Å². The molecule has 0 aliphatic heterocycles. The highest BCUT2D eigenvalue weighted by atomic mass is 19.3. The van der Waals surface area contributed by atoms with Crippen molar-refractivity contribution in [2.45, 2.75) is 52.2 Å². The summed E-state index contributed by atoms with van der Waals surface area (Å²) in [5.41, 5.74) is 1.06. The number of rotatable bonds is 4. The second kappa shape index (κ2) is 5.76. The third kappa shape index (κ3) is 4.08. The molecule has 2 nitrogen and oxygen atoms in total. The molecule has 1 fully saturated rings. The van der Waals surface area contributed by atoms with Crippen molar-refractivity contribution in [2.75, 3.05) is 5.32 Å². The fourth-order valence-corrected chi connectivity index (χ4v) is 2.55. The number of halogens is 2. The van der Waals surface area contributed by atoms with E-state index in [0.717, 1.165) is 25.7 Å². The minimum Gasteiger partial charge on any atom is -0.433 e. The Labute approximate surface area is 113 Å². The summed E-state index contributed by atoms with van der Waals surface area (Å²) in [6.07, 6.45) is 4.44. The first kappa shape index (κ1) is 14.1. The van der Waals surface area contributed by atoms with Gasteiger partial charge in [0.1, 0.15) is 5.75 Å². The first-order valence-corrected chi connectivity index (χ1v) is 6.77. The maximum Gasteiger partial charge on any atom is 0.387 e. The highest BCUT2D eigenvalue weighted by Gasteiger charge is 2.27. The van der Waals surface area contributed by atoms with Crippen LogP contribution < -0.4 is 10.1 Å². The van der Waals surface area contributed by atoms with Gasteiger partial charge in [-0.2, -0.15) is 8.78 Å². The lowest BCUT2D eigenvalue weighted by atomic mass is 9.75. The molecular weight excluding hydrogens is 248 g/mol. The van der Waals surface area contributed by atoms with E-state index in [1.165, 1.54) is 0 Å². The highest BCUT2D eigenvalue weighted by Crippen LogP contribution is 2.37. The molecule has 1 N–H and O–H groups in total. The van der Waals surface area contributed by atoms with E-state index >= 15 is 0 Å². The predicted octanol–water partition coefficient (Wildman–Crippen LogP) is 4.67. The number of ether oxygens (including phenoxy) is 1. The Balaban J connectivity index is 1.99. The molecule has 1 saturated carbocycles. The second-order valence-corrected chi connectivity index (χ2v) is 5.96. The molecule has 1 aliphatic rings.